The summed E-state index contributed by atoms with van der Waals surface area (Å²) in [5, 5.41) is 8.36. The molecule has 1 unspecified atom stereocenters. The van der Waals surface area contributed by atoms with Gasteiger partial charge in [-0.3, -0.25) is 4.79 Å². The Labute approximate surface area is 147 Å². The van der Waals surface area contributed by atoms with Gasteiger partial charge in [-0.25, -0.2) is 0 Å². The molecule has 25 heavy (non-hydrogen) atoms. The third-order valence-electron chi connectivity index (χ3n) is 3.80. The van der Waals surface area contributed by atoms with Crippen LogP contribution in [-0.2, 0) is 11.3 Å². The molecule has 0 saturated carbocycles. The first-order valence-electron chi connectivity index (χ1n) is 7.83. The molecule has 1 aromatic carbocycles. The van der Waals surface area contributed by atoms with Crippen LogP contribution in [-0.4, -0.2) is 34.2 Å². The molecule has 1 amide bonds. The number of hydrogen-bond donors (Lipinski definition) is 0. The third-order valence-corrected chi connectivity index (χ3v) is 4.79. The van der Waals surface area contributed by atoms with E-state index in [2.05, 4.69) is 14.9 Å². The lowest BCUT2D eigenvalue weighted by molar-refractivity contribution is -0.128. The Morgan fingerprint density at radius 3 is 2.72 bits per heavy atom. The van der Waals surface area contributed by atoms with Gasteiger partial charge in [0.1, 0.15) is 5.75 Å². The molecule has 134 valence electrons. The molecule has 2 heterocycles. The lowest BCUT2D eigenvalue weighted by atomic mass is 10.2. The molecule has 0 aliphatic carbocycles. The summed E-state index contributed by atoms with van der Waals surface area (Å²) in [6, 6.07) is 6.43. The number of thioether (sulfide) groups is 1. The average molecular weight is 369 g/mol. The van der Waals surface area contributed by atoms with Crippen molar-refractivity contribution in [1.29, 1.82) is 0 Å². The Kier molecular flexibility index (Phi) is 5.52. The zero-order valence-electron chi connectivity index (χ0n) is 13.5. The highest BCUT2D eigenvalue weighted by Crippen LogP contribution is 2.34. The number of halogens is 2. The fraction of sp³-hybridized carbons (Fsp3) is 0.438. The van der Waals surface area contributed by atoms with Gasteiger partial charge in [0.15, 0.2) is 0 Å². The lowest BCUT2D eigenvalue weighted by Crippen LogP contribution is -2.23. The minimum atomic E-state index is -2.84. The summed E-state index contributed by atoms with van der Waals surface area (Å²) in [5.41, 5.74) is 0.918. The SMILES string of the molecule is CC(Sc1nnc(CN2CCCC2=O)o1)c1ccc(OC(F)F)cc1. The van der Waals surface area contributed by atoms with Gasteiger partial charge in [-0.1, -0.05) is 23.9 Å². The summed E-state index contributed by atoms with van der Waals surface area (Å²) in [7, 11) is 0. The number of likely N-dealkylation sites (tertiary alicyclic amines) is 1. The predicted molar refractivity (Wildman–Crippen MR) is 86.3 cm³/mol. The fourth-order valence-corrected chi connectivity index (χ4v) is 3.35. The van der Waals surface area contributed by atoms with Crippen LogP contribution < -0.4 is 4.74 Å². The molecule has 6 nitrogen and oxygen atoms in total. The van der Waals surface area contributed by atoms with Gasteiger partial charge >= 0.3 is 6.61 Å². The highest BCUT2D eigenvalue weighted by atomic mass is 32.2. The fourth-order valence-electron chi connectivity index (χ4n) is 2.52. The molecule has 0 N–H and O–H groups in total. The first-order valence-corrected chi connectivity index (χ1v) is 8.71. The van der Waals surface area contributed by atoms with Crippen LogP contribution in [0, 0.1) is 0 Å². The largest absolute Gasteiger partial charge is 0.435 e. The maximum absolute atomic E-state index is 12.2. The Morgan fingerprint density at radius 1 is 1.32 bits per heavy atom. The van der Waals surface area contributed by atoms with Gasteiger partial charge in [-0.2, -0.15) is 8.78 Å². The van der Waals surface area contributed by atoms with E-state index in [1.54, 1.807) is 17.0 Å². The van der Waals surface area contributed by atoms with Gasteiger partial charge < -0.3 is 14.1 Å². The van der Waals surface area contributed by atoms with E-state index in [1.807, 2.05) is 6.92 Å². The molecule has 0 spiro atoms. The van der Waals surface area contributed by atoms with Crippen molar-refractivity contribution in [3.63, 3.8) is 0 Å². The Balaban J connectivity index is 1.57. The van der Waals surface area contributed by atoms with E-state index in [9.17, 15) is 13.6 Å². The van der Waals surface area contributed by atoms with Crippen molar-refractivity contribution >= 4 is 17.7 Å². The number of hydrogen-bond acceptors (Lipinski definition) is 6. The van der Waals surface area contributed by atoms with E-state index in [0.717, 1.165) is 12.0 Å². The highest BCUT2D eigenvalue weighted by Gasteiger charge is 2.22. The van der Waals surface area contributed by atoms with Crippen LogP contribution in [0.3, 0.4) is 0 Å². The first kappa shape index (κ1) is 17.7. The van der Waals surface area contributed by atoms with Gasteiger partial charge in [-0.05, 0) is 31.0 Å². The van der Waals surface area contributed by atoms with Crippen LogP contribution >= 0.6 is 11.8 Å². The van der Waals surface area contributed by atoms with Gasteiger partial charge in [0.25, 0.3) is 5.22 Å². The minimum absolute atomic E-state index is 0.0117. The monoisotopic (exact) mass is 369 g/mol. The van der Waals surface area contributed by atoms with Gasteiger partial charge in [0.05, 0.1) is 6.54 Å². The molecule has 0 radical (unpaired) electrons. The lowest BCUT2D eigenvalue weighted by Gasteiger charge is -2.12. The molecule has 1 aliphatic rings. The van der Waals surface area contributed by atoms with Crippen LogP contribution in [0.25, 0.3) is 0 Å². The summed E-state index contributed by atoms with van der Waals surface area (Å²) in [6.07, 6.45) is 1.43. The number of amides is 1. The molecular formula is C16H17F2N3O3S. The summed E-state index contributed by atoms with van der Waals surface area (Å²) >= 11 is 1.36. The molecule has 0 bridgehead atoms. The van der Waals surface area contributed by atoms with Crippen molar-refractivity contribution < 1.29 is 22.7 Å². The van der Waals surface area contributed by atoms with E-state index >= 15 is 0 Å². The topological polar surface area (TPSA) is 68.5 Å². The molecule has 1 atom stereocenters. The number of carbonyl (C=O) groups excluding carboxylic acids is 1. The third kappa shape index (κ3) is 4.68. The predicted octanol–water partition coefficient (Wildman–Crippen LogP) is 3.65. The van der Waals surface area contributed by atoms with E-state index in [1.165, 1.54) is 23.9 Å². The van der Waals surface area contributed by atoms with E-state index in [4.69, 9.17) is 4.42 Å². The van der Waals surface area contributed by atoms with Crippen molar-refractivity contribution in [1.82, 2.24) is 15.1 Å². The molecule has 9 heteroatoms. The van der Waals surface area contributed by atoms with E-state index < -0.39 is 6.61 Å². The Hall–Kier alpha value is -2.16. The number of rotatable bonds is 7. The Morgan fingerprint density at radius 2 is 2.08 bits per heavy atom. The molecule has 2 aromatic rings. The van der Waals surface area contributed by atoms with Gasteiger partial charge in [-0.15, -0.1) is 10.2 Å². The van der Waals surface area contributed by atoms with Crippen molar-refractivity contribution in [3.8, 4) is 5.75 Å². The molecule has 1 saturated heterocycles. The van der Waals surface area contributed by atoms with Gasteiger partial charge in [0.2, 0.25) is 11.8 Å². The smallest absolute Gasteiger partial charge is 0.387 e. The van der Waals surface area contributed by atoms with E-state index in [-0.39, 0.29) is 16.9 Å². The number of carbonyl (C=O) groups is 1. The van der Waals surface area contributed by atoms with Crippen molar-refractivity contribution in [2.45, 2.75) is 43.4 Å². The van der Waals surface area contributed by atoms with Crippen LogP contribution in [0.1, 0.15) is 36.5 Å². The molecule has 1 fully saturated rings. The van der Waals surface area contributed by atoms with Gasteiger partial charge in [0, 0.05) is 18.2 Å². The molecule has 1 aromatic heterocycles. The minimum Gasteiger partial charge on any atom is -0.435 e. The standard InChI is InChI=1S/C16H17F2N3O3S/c1-10(11-4-6-12(7-5-11)23-15(17)18)25-16-20-19-13(24-16)9-21-8-2-3-14(21)22/h4-7,10,15H,2-3,8-9H2,1H3. The second-order valence-electron chi connectivity index (χ2n) is 5.59. The summed E-state index contributed by atoms with van der Waals surface area (Å²) < 4.78 is 34.2. The van der Waals surface area contributed by atoms with Crippen LogP contribution in [0.5, 0.6) is 5.75 Å². The highest BCUT2D eigenvalue weighted by molar-refractivity contribution is 7.99. The van der Waals surface area contributed by atoms with Crippen LogP contribution in [0.4, 0.5) is 8.78 Å². The number of alkyl halides is 2. The molecule has 1 aliphatic heterocycles. The second-order valence-corrected chi connectivity index (χ2v) is 6.88. The zero-order chi connectivity index (χ0) is 17.8. The maximum atomic E-state index is 12.2. The quantitative estimate of drug-likeness (QED) is 0.694. The maximum Gasteiger partial charge on any atom is 0.387 e. The normalized spacial score (nSPS) is 15.8. The van der Waals surface area contributed by atoms with Crippen LogP contribution in [0.2, 0.25) is 0 Å². The Bertz CT molecular complexity index is 724. The zero-order valence-corrected chi connectivity index (χ0v) is 14.3. The molecular weight excluding hydrogens is 352 g/mol. The average Bonchev–Trinajstić information content (AvgIpc) is 3.17. The summed E-state index contributed by atoms with van der Waals surface area (Å²) in [5.74, 6) is 0.629. The number of nitrogens with zero attached hydrogens (tertiary/aromatic N) is 3. The van der Waals surface area contributed by atoms with Crippen molar-refractivity contribution in [2.75, 3.05) is 6.54 Å². The number of benzene rings is 1. The van der Waals surface area contributed by atoms with E-state index in [0.29, 0.717) is 30.6 Å². The second kappa shape index (κ2) is 7.81. The number of ether oxygens (including phenoxy) is 1. The summed E-state index contributed by atoms with van der Waals surface area (Å²) in [6.45, 7) is 0.159. The first-order chi connectivity index (χ1) is 12.0. The van der Waals surface area contributed by atoms with Crippen molar-refractivity contribution in [3.05, 3.63) is 35.7 Å². The summed E-state index contributed by atoms with van der Waals surface area (Å²) in [4.78, 5) is 13.3. The van der Waals surface area contributed by atoms with Crippen molar-refractivity contribution in [2.24, 2.45) is 0 Å². The molecule has 3 rings (SSSR count). The number of aromatic nitrogens is 2. The van der Waals surface area contributed by atoms with Crippen LogP contribution in [0.15, 0.2) is 33.9 Å².